The summed E-state index contributed by atoms with van der Waals surface area (Å²) in [6, 6.07) is 7.05. The molecule has 3 rings (SSSR count). The topological polar surface area (TPSA) is 71.0 Å². The second-order valence-corrected chi connectivity index (χ2v) is 5.53. The number of hydrogen-bond acceptors (Lipinski definition) is 3. The summed E-state index contributed by atoms with van der Waals surface area (Å²) >= 11 is 6.04. The second kappa shape index (κ2) is 6.66. The fourth-order valence-corrected chi connectivity index (χ4v) is 2.58. The lowest BCUT2D eigenvalue weighted by atomic mass is 10.1. The molecule has 3 aromatic rings. The Morgan fingerprint density at radius 3 is 2.96 bits per heavy atom. The highest BCUT2D eigenvalue weighted by molar-refractivity contribution is 6.24. The van der Waals surface area contributed by atoms with Gasteiger partial charge in [0.2, 0.25) is 5.43 Å². The van der Waals surface area contributed by atoms with Crippen molar-refractivity contribution >= 4 is 28.6 Å². The third kappa shape index (κ3) is 3.27. The normalized spacial score (nSPS) is 10.8. The predicted molar refractivity (Wildman–Crippen MR) is 88.3 cm³/mol. The van der Waals surface area contributed by atoms with Crippen LogP contribution in [-0.2, 0) is 6.54 Å². The lowest BCUT2D eigenvalue weighted by Crippen LogP contribution is -2.28. The zero-order valence-electron chi connectivity index (χ0n) is 12.3. The average Bonchev–Trinajstić information content (AvgIpc) is 3.08. The number of benzene rings is 1. The molecule has 1 aromatic carbocycles. The Bertz CT molecular complexity index is 873. The number of rotatable bonds is 5. The van der Waals surface area contributed by atoms with Crippen molar-refractivity contribution in [2.24, 2.45) is 0 Å². The summed E-state index contributed by atoms with van der Waals surface area (Å²) in [7, 11) is 0. The van der Waals surface area contributed by atoms with Gasteiger partial charge in [-0.2, -0.15) is 0 Å². The highest BCUT2D eigenvalue weighted by Gasteiger charge is 2.18. The van der Waals surface area contributed by atoms with Gasteiger partial charge in [-0.15, -0.1) is 0 Å². The van der Waals surface area contributed by atoms with E-state index in [4.69, 9.17) is 11.8 Å². The van der Waals surface area contributed by atoms with Crippen molar-refractivity contribution in [1.29, 1.82) is 0 Å². The summed E-state index contributed by atoms with van der Waals surface area (Å²) in [6.07, 6.45) is 7.32. The first-order chi connectivity index (χ1) is 11.2. The van der Waals surface area contributed by atoms with Crippen LogP contribution in [0.1, 0.15) is 16.8 Å². The molecule has 0 saturated heterocycles. The van der Waals surface area contributed by atoms with Crippen molar-refractivity contribution in [1.82, 2.24) is 19.0 Å². The molecule has 2 heterocycles. The van der Waals surface area contributed by atoms with E-state index in [9.17, 15) is 9.59 Å². The summed E-state index contributed by atoms with van der Waals surface area (Å²) in [6.45, 7) is 1.04. The van der Waals surface area contributed by atoms with Crippen molar-refractivity contribution in [3.63, 3.8) is 0 Å². The van der Waals surface area contributed by atoms with Gasteiger partial charge in [-0.1, -0.05) is 12.1 Å². The van der Waals surface area contributed by atoms with Crippen molar-refractivity contribution in [3.05, 3.63) is 65.0 Å². The van der Waals surface area contributed by atoms with Crippen molar-refractivity contribution in [3.8, 4) is 0 Å². The zero-order valence-corrected chi connectivity index (χ0v) is 13.0. The molecule has 1 amide bonds. The van der Waals surface area contributed by atoms with Crippen LogP contribution >= 0.6 is 11.8 Å². The van der Waals surface area contributed by atoms with E-state index in [1.54, 1.807) is 30.7 Å². The number of aryl methyl sites for hydroxylation is 1. The average molecular weight is 331 g/mol. The van der Waals surface area contributed by atoms with Crippen LogP contribution in [0.25, 0.3) is 10.9 Å². The summed E-state index contributed by atoms with van der Waals surface area (Å²) in [5.74, 6) is -0.496. The minimum atomic E-state index is -0.496. The van der Waals surface area contributed by atoms with Gasteiger partial charge in [-0.3, -0.25) is 14.0 Å². The molecule has 0 atom stereocenters. The maximum Gasteiger partial charge on any atom is 0.273 e. The predicted octanol–water partition coefficient (Wildman–Crippen LogP) is 2.41. The molecule has 0 spiro atoms. The van der Waals surface area contributed by atoms with Crippen LogP contribution in [0.3, 0.4) is 0 Å². The first-order valence-corrected chi connectivity index (χ1v) is 7.54. The maximum atomic E-state index is 12.4. The Morgan fingerprint density at radius 2 is 2.17 bits per heavy atom. The third-order valence-electron chi connectivity index (χ3n) is 3.57. The largest absolute Gasteiger partial charge is 0.360 e. The molecule has 118 valence electrons. The van der Waals surface area contributed by atoms with E-state index in [0.717, 1.165) is 4.42 Å². The minimum Gasteiger partial charge on any atom is -0.360 e. The van der Waals surface area contributed by atoms with Gasteiger partial charge in [0.25, 0.3) is 5.91 Å². The summed E-state index contributed by atoms with van der Waals surface area (Å²) in [4.78, 5) is 31.7. The number of aromatic nitrogens is 3. The fraction of sp³-hybridized carbons (Fsp3) is 0.188. The molecule has 1 N–H and O–H groups in total. The molecule has 0 radical (unpaired) electrons. The van der Waals surface area contributed by atoms with E-state index in [0.29, 0.717) is 30.4 Å². The van der Waals surface area contributed by atoms with Crippen LogP contribution in [0.4, 0.5) is 0 Å². The van der Waals surface area contributed by atoms with Crippen LogP contribution in [-0.4, -0.2) is 31.4 Å². The first-order valence-electron chi connectivity index (χ1n) is 7.20. The molecule has 0 unspecified atom stereocenters. The second-order valence-electron chi connectivity index (χ2n) is 5.12. The Balaban J connectivity index is 1.72. The Kier molecular flexibility index (Phi) is 4.43. The number of fused-ring (bicyclic) bond motifs is 1. The smallest absolute Gasteiger partial charge is 0.273 e. The molecule has 2 aromatic heterocycles. The van der Waals surface area contributed by atoms with Gasteiger partial charge in [0.05, 0.1) is 6.33 Å². The van der Waals surface area contributed by atoms with E-state index in [-0.39, 0.29) is 11.0 Å². The number of nitrogens with one attached hydrogen (secondary N) is 1. The molecule has 6 nitrogen and oxygen atoms in total. The van der Waals surface area contributed by atoms with Gasteiger partial charge in [0.15, 0.2) is 0 Å². The monoisotopic (exact) mass is 330 g/mol. The molecule has 0 fully saturated rings. The van der Waals surface area contributed by atoms with Gasteiger partial charge in [-0.05, 0) is 18.6 Å². The Morgan fingerprint density at radius 1 is 1.35 bits per heavy atom. The van der Waals surface area contributed by atoms with Crippen LogP contribution in [0.15, 0.2) is 54.0 Å². The van der Waals surface area contributed by atoms with Gasteiger partial charge in [0, 0.05) is 54.4 Å². The van der Waals surface area contributed by atoms with E-state index < -0.39 is 5.91 Å². The highest BCUT2D eigenvalue weighted by atomic mass is 35.5. The molecule has 0 saturated carbocycles. The van der Waals surface area contributed by atoms with Crippen LogP contribution in [0.5, 0.6) is 0 Å². The molecule has 0 aliphatic heterocycles. The number of carbonyl (C=O) groups is 1. The number of carbonyl (C=O) groups excluding carboxylic acids is 1. The first kappa shape index (κ1) is 15.3. The number of imidazole rings is 1. The number of H-pyrrole nitrogens is 1. The van der Waals surface area contributed by atoms with Gasteiger partial charge < -0.3 is 9.55 Å². The number of hydrogen-bond donors (Lipinski definition) is 1. The van der Waals surface area contributed by atoms with Crippen molar-refractivity contribution < 1.29 is 4.79 Å². The van der Waals surface area contributed by atoms with E-state index in [2.05, 4.69) is 9.97 Å². The number of nitrogens with zero attached hydrogens (tertiary/aromatic N) is 3. The van der Waals surface area contributed by atoms with E-state index >= 15 is 0 Å². The van der Waals surface area contributed by atoms with E-state index in [1.165, 1.54) is 6.20 Å². The molecule has 23 heavy (non-hydrogen) atoms. The zero-order chi connectivity index (χ0) is 16.2. The number of aromatic amines is 1. The van der Waals surface area contributed by atoms with Gasteiger partial charge >= 0.3 is 0 Å². The van der Waals surface area contributed by atoms with Gasteiger partial charge in [-0.25, -0.2) is 4.98 Å². The third-order valence-corrected chi connectivity index (χ3v) is 3.89. The Labute approximate surface area is 137 Å². The van der Waals surface area contributed by atoms with Crippen LogP contribution < -0.4 is 5.43 Å². The molecule has 0 bridgehead atoms. The maximum absolute atomic E-state index is 12.4. The molecular formula is C16H15ClN4O2. The van der Waals surface area contributed by atoms with Crippen LogP contribution in [0.2, 0.25) is 0 Å². The fourth-order valence-electron chi connectivity index (χ4n) is 2.37. The lowest BCUT2D eigenvalue weighted by Gasteiger charge is -2.14. The van der Waals surface area contributed by atoms with E-state index in [1.807, 2.05) is 16.8 Å². The quantitative estimate of drug-likeness (QED) is 0.730. The summed E-state index contributed by atoms with van der Waals surface area (Å²) < 4.78 is 2.95. The number of para-hydroxylation sites is 1. The van der Waals surface area contributed by atoms with Crippen molar-refractivity contribution in [2.45, 2.75) is 13.0 Å². The van der Waals surface area contributed by atoms with Crippen LogP contribution in [0, 0.1) is 0 Å². The molecule has 0 aliphatic carbocycles. The molecule has 7 heteroatoms. The number of halogens is 1. The lowest BCUT2D eigenvalue weighted by molar-refractivity contribution is 0.0860. The minimum absolute atomic E-state index is 0.0429. The molecule has 0 aliphatic rings. The standard InChI is InChI=1S/C16H15ClN4O2/c17-21(8-3-7-20-9-6-18-11-20)16(23)13-10-19-14-5-2-1-4-12(14)15(13)22/h1-2,4-6,9-11H,3,7-8H2,(H,19,22). The Hall–Kier alpha value is -2.60. The van der Waals surface area contributed by atoms with Gasteiger partial charge in [0.1, 0.15) is 5.56 Å². The summed E-state index contributed by atoms with van der Waals surface area (Å²) in [5, 5.41) is 0.474. The number of pyridine rings is 1. The molecular weight excluding hydrogens is 316 g/mol. The SMILES string of the molecule is O=C(c1c[nH]c2ccccc2c1=O)N(Cl)CCCn1ccnc1. The highest BCUT2D eigenvalue weighted by Crippen LogP contribution is 2.10. The summed E-state index contributed by atoms with van der Waals surface area (Å²) in [5.41, 5.74) is 0.418. The van der Waals surface area contributed by atoms with Crippen molar-refractivity contribution in [2.75, 3.05) is 6.54 Å². The number of amides is 1.